The summed E-state index contributed by atoms with van der Waals surface area (Å²) in [7, 11) is 3.06. The van der Waals surface area contributed by atoms with Gasteiger partial charge in [0.25, 0.3) is 11.8 Å². The highest BCUT2D eigenvalue weighted by Gasteiger charge is 2.60. The Balaban J connectivity index is 1.58. The number of imide groups is 1. The number of rotatable bonds is 7. The summed E-state index contributed by atoms with van der Waals surface area (Å²) >= 11 is 3.40. The van der Waals surface area contributed by atoms with E-state index in [1.807, 2.05) is 6.92 Å². The van der Waals surface area contributed by atoms with E-state index in [1.54, 1.807) is 73.8 Å². The van der Waals surface area contributed by atoms with E-state index >= 15 is 0 Å². The van der Waals surface area contributed by atoms with E-state index < -0.39 is 35.7 Å². The molecule has 3 amide bonds. The standard InChI is InChI=1S/C28H26BrN3O6/c1-4-38-19-10-8-18(9-11-19)31-27(34)23-24(21-13-12-20(36-2)15-22(21)37-3)30-32(25(23)28(31)35)26(33)16-6-5-7-17(29)14-16/h5-15,23-25,30H,4H2,1-3H3/t23-,24+,25+/m1/s1. The van der Waals surface area contributed by atoms with Crippen LogP contribution < -0.4 is 24.5 Å². The van der Waals surface area contributed by atoms with Gasteiger partial charge >= 0.3 is 0 Å². The third-order valence-corrected chi connectivity index (χ3v) is 7.20. The Morgan fingerprint density at radius 3 is 2.34 bits per heavy atom. The van der Waals surface area contributed by atoms with E-state index in [2.05, 4.69) is 21.4 Å². The molecule has 196 valence electrons. The first-order valence-electron chi connectivity index (χ1n) is 12.1. The number of nitrogens with one attached hydrogen (secondary N) is 1. The van der Waals surface area contributed by atoms with Crippen LogP contribution in [0.2, 0.25) is 0 Å². The summed E-state index contributed by atoms with van der Waals surface area (Å²) in [6.07, 6.45) is 0. The summed E-state index contributed by atoms with van der Waals surface area (Å²) in [6.45, 7) is 2.37. The molecular formula is C28H26BrN3O6. The second kappa shape index (κ2) is 10.5. The van der Waals surface area contributed by atoms with Gasteiger partial charge in [-0.1, -0.05) is 22.0 Å². The molecule has 0 aromatic heterocycles. The van der Waals surface area contributed by atoms with E-state index in [1.165, 1.54) is 12.1 Å². The van der Waals surface area contributed by atoms with Crippen LogP contribution in [0.5, 0.6) is 17.2 Å². The lowest BCUT2D eigenvalue weighted by Gasteiger charge is -2.26. The van der Waals surface area contributed by atoms with Crippen LogP contribution in [-0.2, 0) is 9.59 Å². The molecular weight excluding hydrogens is 554 g/mol. The number of hydrogen-bond acceptors (Lipinski definition) is 7. The molecule has 2 saturated heterocycles. The summed E-state index contributed by atoms with van der Waals surface area (Å²) in [5, 5.41) is 1.27. The van der Waals surface area contributed by atoms with Crippen LogP contribution in [0.1, 0.15) is 28.9 Å². The van der Waals surface area contributed by atoms with Crippen molar-refractivity contribution in [2.75, 3.05) is 25.7 Å². The summed E-state index contributed by atoms with van der Waals surface area (Å²) in [4.78, 5) is 42.6. The second-order valence-electron chi connectivity index (χ2n) is 8.81. The number of anilines is 1. The molecule has 0 aliphatic carbocycles. The van der Waals surface area contributed by atoms with Gasteiger partial charge in [-0.05, 0) is 61.5 Å². The molecule has 0 saturated carbocycles. The lowest BCUT2D eigenvalue weighted by Crippen LogP contribution is -2.48. The minimum absolute atomic E-state index is 0.368. The highest BCUT2D eigenvalue weighted by molar-refractivity contribution is 9.10. The average Bonchev–Trinajstić information content (AvgIpc) is 3.44. The van der Waals surface area contributed by atoms with Gasteiger partial charge in [-0.3, -0.25) is 19.4 Å². The maximum absolute atomic E-state index is 13.9. The van der Waals surface area contributed by atoms with Crippen LogP contribution in [0, 0.1) is 5.92 Å². The Hall–Kier alpha value is -3.89. The van der Waals surface area contributed by atoms with Crippen LogP contribution in [0.15, 0.2) is 71.2 Å². The average molecular weight is 580 g/mol. The number of methoxy groups -OCH3 is 2. The first kappa shape index (κ1) is 25.7. The van der Waals surface area contributed by atoms with E-state index in [-0.39, 0.29) is 0 Å². The fourth-order valence-corrected chi connectivity index (χ4v) is 5.38. The summed E-state index contributed by atoms with van der Waals surface area (Å²) in [5.74, 6) is -0.536. The van der Waals surface area contributed by atoms with Gasteiger partial charge in [0.2, 0.25) is 5.91 Å². The minimum Gasteiger partial charge on any atom is -0.497 e. The summed E-state index contributed by atoms with van der Waals surface area (Å²) < 4.78 is 17.1. The van der Waals surface area contributed by atoms with Crippen LogP contribution in [0.25, 0.3) is 0 Å². The predicted octanol–water partition coefficient (Wildman–Crippen LogP) is 4.12. The van der Waals surface area contributed by atoms with Crippen molar-refractivity contribution >= 4 is 39.3 Å². The fraction of sp³-hybridized carbons (Fsp3) is 0.250. The third kappa shape index (κ3) is 4.39. The number of carbonyl (C=O) groups is 3. The number of amides is 3. The third-order valence-electron chi connectivity index (χ3n) is 6.71. The smallest absolute Gasteiger partial charge is 0.268 e. The van der Waals surface area contributed by atoms with E-state index in [0.717, 1.165) is 9.37 Å². The molecule has 0 bridgehead atoms. The lowest BCUT2D eigenvalue weighted by atomic mass is 9.90. The Kier molecular flexibility index (Phi) is 7.09. The molecule has 0 radical (unpaired) electrons. The van der Waals surface area contributed by atoms with Gasteiger partial charge in [0.15, 0.2) is 0 Å². The number of benzene rings is 3. The second-order valence-corrected chi connectivity index (χ2v) is 9.73. The van der Waals surface area contributed by atoms with Gasteiger partial charge in [0, 0.05) is 21.7 Å². The van der Waals surface area contributed by atoms with Crippen molar-refractivity contribution in [1.82, 2.24) is 10.4 Å². The van der Waals surface area contributed by atoms with Gasteiger partial charge in [0.1, 0.15) is 23.3 Å². The number of carbonyl (C=O) groups excluding carboxylic acids is 3. The molecule has 2 fully saturated rings. The molecule has 38 heavy (non-hydrogen) atoms. The van der Waals surface area contributed by atoms with Gasteiger partial charge in [0.05, 0.1) is 38.5 Å². The molecule has 0 unspecified atom stereocenters. The van der Waals surface area contributed by atoms with Crippen LogP contribution >= 0.6 is 15.9 Å². The molecule has 5 rings (SSSR count). The first-order chi connectivity index (χ1) is 18.4. The molecule has 1 N–H and O–H groups in total. The topological polar surface area (TPSA) is 97.4 Å². The first-order valence-corrected chi connectivity index (χ1v) is 12.8. The molecule has 9 nitrogen and oxygen atoms in total. The predicted molar refractivity (Wildman–Crippen MR) is 143 cm³/mol. The molecule has 3 aromatic rings. The van der Waals surface area contributed by atoms with E-state index in [9.17, 15) is 14.4 Å². The largest absolute Gasteiger partial charge is 0.497 e. The Labute approximate surface area is 228 Å². The summed E-state index contributed by atoms with van der Waals surface area (Å²) in [5.41, 5.74) is 4.56. The minimum atomic E-state index is -1.06. The van der Waals surface area contributed by atoms with Crippen molar-refractivity contribution < 1.29 is 28.6 Å². The van der Waals surface area contributed by atoms with Gasteiger partial charge in [-0.25, -0.2) is 10.3 Å². The molecule has 2 heterocycles. The van der Waals surface area contributed by atoms with Crippen molar-refractivity contribution in [3.63, 3.8) is 0 Å². The zero-order valence-electron chi connectivity index (χ0n) is 21.0. The van der Waals surface area contributed by atoms with Crippen molar-refractivity contribution in [2.45, 2.75) is 19.0 Å². The number of ether oxygens (including phenoxy) is 3. The van der Waals surface area contributed by atoms with E-state index in [4.69, 9.17) is 14.2 Å². The summed E-state index contributed by atoms with van der Waals surface area (Å²) in [6, 6.07) is 17.1. The van der Waals surface area contributed by atoms with Crippen LogP contribution in [-0.4, -0.2) is 49.6 Å². The lowest BCUT2D eigenvalue weighted by molar-refractivity contribution is -0.123. The van der Waals surface area contributed by atoms with Crippen molar-refractivity contribution in [3.8, 4) is 17.2 Å². The molecule has 3 atom stereocenters. The van der Waals surface area contributed by atoms with Gasteiger partial charge in [-0.15, -0.1) is 0 Å². The number of halogens is 1. The monoisotopic (exact) mass is 579 g/mol. The number of fused-ring (bicyclic) bond motifs is 1. The van der Waals surface area contributed by atoms with Crippen molar-refractivity contribution in [2.24, 2.45) is 5.92 Å². The normalized spacial score (nSPS) is 20.5. The van der Waals surface area contributed by atoms with Crippen LogP contribution in [0.4, 0.5) is 5.69 Å². The Morgan fingerprint density at radius 1 is 0.947 bits per heavy atom. The molecule has 10 heteroatoms. The van der Waals surface area contributed by atoms with Crippen molar-refractivity contribution in [1.29, 1.82) is 0 Å². The molecule has 3 aromatic carbocycles. The van der Waals surface area contributed by atoms with Crippen LogP contribution in [0.3, 0.4) is 0 Å². The Morgan fingerprint density at radius 2 is 1.68 bits per heavy atom. The SMILES string of the molecule is CCOc1ccc(N2C(=O)[C@H]3[C@@H](C2=O)N(C(=O)c2cccc(Br)c2)N[C@H]3c2ccc(OC)cc2OC)cc1. The number of hydrazine groups is 1. The highest BCUT2D eigenvalue weighted by atomic mass is 79.9. The maximum atomic E-state index is 13.9. The number of nitrogens with zero attached hydrogens (tertiary/aromatic N) is 2. The molecule has 0 spiro atoms. The zero-order chi connectivity index (χ0) is 27.0. The quantitative estimate of drug-likeness (QED) is 0.420. The molecule has 2 aliphatic heterocycles. The van der Waals surface area contributed by atoms with E-state index in [0.29, 0.717) is 40.7 Å². The van der Waals surface area contributed by atoms with Crippen molar-refractivity contribution in [3.05, 3.63) is 82.3 Å². The number of hydrogen-bond donors (Lipinski definition) is 1. The fourth-order valence-electron chi connectivity index (χ4n) is 4.98. The Bertz CT molecular complexity index is 1400. The van der Waals surface area contributed by atoms with Gasteiger partial charge in [-0.2, -0.15) is 0 Å². The molecule has 2 aliphatic rings. The van der Waals surface area contributed by atoms with Gasteiger partial charge < -0.3 is 14.2 Å². The highest BCUT2D eigenvalue weighted by Crippen LogP contribution is 2.45. The zero-order valence-corrected chi connectivity index (χ0v) is 22.6. The maximum Gasteiger partial charge on any atom is 0.268 e.